The minimum absolute atomic E-state index is 0.0815. The molecular weight excluding hydrogens is 563 g/mol. The number of likely N-dealkylation sites (tertiary alicyclic amines) is 2. The fraction of sp³-hybridized carbons (Fsp3) is 0.444. The predicted molar refractivity (Wildman–Crippen MR) is 167 cm³/mol. The summed E-state index contributed by atoms with van der Waals surface area (Å²) >= 11 is 0. The predicted octanol–water partition coefficient (Wildman–Crippen LogP) is 8.05. The van der Waals surface area contributed by atoms with Crippen LogP contribution < -0.4 is 5.32 Å². The van der Waals surface area contributed by atoms with Gasteiger partial charge in [-0.25, -0.2) is 0 Å². The van der Waals surface area contributed by atoms with Crippen LogP contribution in [0.15, 0.2) is 72.8 Å². The van der Waals surface area contributed by atoms with Gasteiger partial charge in [0.2, 0.25) is 5.91 Å². The van der Waals surface area contributed by atoms with E-state index in [2.05, 4.69) is 26.1 Å². The van der Waals surface area contributed by atoms with Crippen molar-refractivity contribution in [1.29, 1.82) is 0 Å². The van der Waals surface area contributed by atoms with Crippen molar-refractivity contribution in [3.63, 3.8) is 0 Å². The summed E-state index contributed by atoms with van der Waals surface area (Å²) in [5.74, 6) is -0.791. The molecule has 2 aliphatic heterocycles. The normalized spacial score (nSPS) is 21.3. The molecule has 0 saturated carbocycles. The van der Waals surface area contributed by atoms with E-state index in [1.165, 1.54) is 4.90 Å². The van der Waals surface area contributed by atoms with Crippen molar-refractivity contribution >= 4 is 17.5 Å². The van der Waals surface area contributed by atoms with Gasteiger partial charge in [0.1, 0.15) is 6.04 Å². The van der Waals surface area contributed by atoms with Crippen molar-refractivity contribution in [2.45, 2.75) is 83.6 Å². The average Bonchev–Trinajstić information content (AvgIpc) is 3.46. The highest BCUT2D eigenvalue weighted by atomic mass is 19.4. The smallest absolute Gasteiger partial charge is 0.331 e. The number of amides is 2. The minimum Gasteiger partial charge on any atom is -0.331 e. The summed E-state index contributed by atoms with van der Waals surface area (Å²) < 4.78 is 40.6. The van der Waals surface area contributed by atoms with Crippen LogP contribution in [0.2, 0.25) is 0 Å². The average molecular weight is 606 g/mol. The number of aryl methyl sites for hydroxylation is 1. The standard InChI is InChI=1S/C36H42F3N3O2/c1-24-10-5-6-13-29(24)34(44)42-21-8-14-30(33(43)40-28-12-7-11-27(22-28)35(2,3)4)32(42)26-18-16-25(17-19-26)23-41-20-9-15-31(41)36(37,38)39/h5-7,10-13,16-19,22,30-32H,8-9,14-15,20-21,23H2,1-4H3,(H,40,43)/t30-,31+,32?/m0/s1. The number of carbonyl (C=O) groups excluding carboxylic acids is 2. The number of piperidine rings is 1. The van der Waals surface area contributed by atoms with E-state index in [9.17, 15) is 22.8 Å². The van der Waals surface area contributed by atoms with Crippen molar-refractivity contribution in [3.8, 4) is 0 Å². The molecular formula is C36H42F3N3O2. The molecule has 1 unspecified atom stereocenters. The van der Waals surface area contributed by atoms with Gasteiger partial charge in [0.05, 0.1) is 12.0 Å². The van der Waals surface area contributed by atoms with Crippen LogP contribution in [0.5, 0.6) is 0 Å². The first kappa shape index (κ1) is 31.8. The molecule has 3 aromatic rings. The fourth-order valence-corrected chi connectivity index (χ4v) is 6.62. The molecule has 5 nitrogen and oxygen atoms in total. The molecule has 5 rings (SSSR count). The highest BCUT2D eigenvalue weighted by Gasteiger charge is 2.46. The molecule has 8 heteroatoms. The Morgan fingerprint density at radius 2 is 1.59 bits per heavy atom. The summed E-state index contributed by atoms with van der Waals surface area (Å²) in [6.45, 7) is 9.38. The third kappa shape index (κ3) is 7.01. The minimum atomic E-state index is -4.25. The molecule has 2 fully saturated rings. The Balaban J connectivity index is 1.44. The first-order chi connectivity index (χ1) is 20.8. The van der Waals surface area contributed by atoms with Crippen LogP contribution in [0.3, 0.4) is 0 Å². The topological polar surface area (TPSA) is 52.7 Å². The first-order valence-electron chi connectivity index (χ1n) is 15.5. The van der Waals surface area contributed by atoms with E-state index in [0.29, 0.717) is 43.6 Å². The lowest BCUT2D eigenvalue weighted by atomic mass is 9.83. The second-order valence-electron chi connectivity index (χ2n) is 13.2. The summed E-state index contributed by atoms with van der Waals surface area (Å²) in [6.07, 6.45) is -2.32. The third-order valence-electron chi connectivity index (χ3n) is 9.05. The highest BCUT2D eigenvalue weighted by molar-refractivity contribution is 5.98. The van der Waals surface area contributed by atoms with E-state index in [4.69, 9.17) is 0 Å². The molecule has 2 heterocycles. The number of hydrogen-bond acceptors (Lipinski definition) is 3. The van der Waals surface area contributed by atoms with Crippen LogP contribution in [0.25, 0.3) is 0 Å². The summed E-state index contributed by atoms with van der Waals surface area (Å²) in [7, 11) is 0. The van der Waals surface area contributed by atoms with Crippen LogP contribution in [0.1, 0.15) is 85.1 Å². The maximum atomic E-state index is 14.0. The number of nitrogens with one attached hydrogen (secondary N) is 1. The summed E-state index contributed by atoms with van der Waals surface area (Å²) in [5, 5.41) is 3.12. The van der Waals surface area contributed by atoms with Gasteiger partial charge in [-0.3, -0.25) is 14.5 Å². The van der Waals surface area contributed by atoms with Gasteiger partial charge in [-0.1, -0.05) is 75.4 Å². The van der Waals surface area contributed by atoms with Crippen molar-refractivity contribution in [3.05, 3.63) is 101 Å². The SMILES string of the molecule is Cc1ccccc1C(=O)N1CCC[C@H](C(=O)Nc2cccc(C(C)(C)C)c2)C1c1ccc(CN2CCC[C@@H]2C(F)(F)F)cc1. The van der Waals surface area contributed by atoms with Gasteiger partial charge in [-0.05, 0) is 85.0 Å². The van der Waals surface area contributed by atoms with Gasteiger partial charge in [0.25, 0.3) is 5.91 Å². The Morgan fingerprint density at radius 3 is 2.27 bits per heavy atom. The van der Waals surface area contributed by atoms with Gasteiger partial charge in [-0.2, -0.15) is 13.2 Å². The van der Waals surface area contributed by atoms with Crippen molar-refractivity contribution < 1.29 is 22.8 Å². The van der Waals surface area contributed by atoms with Gasteiger partial charge in [0, 0.05) is 24.3 Å². The molecule has 0 bridgehead atoms. The number of halogens is 3. The molecule has 2 amide bonds. The molecule has 0 radical (unpaired) electrons. The van der Waals surface area contributed by atoms with Crippen LogP contribution >= 0.6 is 0 Å². The van der Waals surface area contributed by atoms with E-state index in [1.807, 2.05) is 79.7 Å². The monoisotopic (exact) mass is 605 g/mol. The van der Waals surface area contributed by atoms with E-state index in [1.54, 1.807) is 4.90 Å². The third-order valence-corrected chi connectivity index (χ3v) is 9.05. The van der Waals surface area contributed by atoms with Crippen LogP contribution in [-0.2, 0) is 16.8 Å². The van der Waals surface area contributed by atoms with E-state index >= 15 is 0 Å². The Kier molecular flexibility index (Phi) is 9.21. The number of carbonyl (C=O) groups is 2. The second-order valence-corrected chi connectivity index (χ2v) is 13.2. The molecule has 2 saturated heterocycles. The van der Waals surface area contributed by atoms with Crippen molar-refractivity contribution in [1.82, 2.24) is 9.80 Å². The lowest BCUT2D eigenvalue weighted by molar-refractivity contribution is -0.177. The molecule has 0 aliphatic carbocycles. The Morgan fingerprint density at radius 1 is 0.886 bits per heavy atom. The van der Waals surface area contributed by atoms with Gasteiger partial charge in [-0.15, -0.1) is 0 Å². The van der Waals surface area contributed by atoms with Crippen molar-refractivity contribution in [2.24, 2.45) is 5.92 Å². The molecule has 44 heavy (non-hydrogen) atoms. The second kappa shape index (κ2) is 12.8. The van der Waals surface area contributed by atoms with Crippen LogP contribution in [0.4, 0.5) is 18.9 Å². The van der Waals surface area contributed by atoms with E-state index in [-0.39, 0.29) is 30.2 Å². The molecule has 234 valence electrons. The molecule has 1 N–H and O–H groups in total. The number of benzene rings is 3. The number of anilines is 1. The summed E-state index contributed by atoms with van der Waals surface area (Å²) in [4.78, 5) is 31.2. The van der Waals surface area contributed by atoms with E-state index in [0.717, 1.165) is 22.3 Å². The first-order valence-corrected chi connectivity index (χ1v) is 15.5. The zero-order valence-corrected chi connectivity index (χ0v) is 26.0. The maximum Gasteiger partial charge on any atom is 0.404 e. The Bertz CT molecular complexity index is 1480. The Labute approximate surface area is 258 Å². The van der Waals surface area contributed by atoms with Gasteiger partial charge >= 0.3 is 6.18 Å². The van der Waals surface area contributed by atoms with Crippen LogP contribution in [-0.4, -0.2) is 46.9 Å². The lowest BCUT2D eigenvalue weighted by Gasteiger charge is -2.41. The quantitative estimate of drug-likeness (QED) is 0.309. The number of nitrogens with zero attached hydrogens (tertiary/aromatic N) is 2. The molecule has 2 aliphatic rings. The lowest BCUT2D eigenvalue weighted by Crippen LogP contribution is -2.46. The number of alkyl halides is 3. The highest BCUT2D eigenvalue weighted by Crippen LogP contribution is 2.39. The molecule has 3 atom stereocenters. The molecule has 0 spiro atoms. The summed E-state index contributed by atoms with van der Waals surface area (Å²) in [5.41, 5.74) is 4.77. The molecule has 3 aromatic carbocycles. The maximum absolute atomic E-state index is 14.0. The zero-order valence-electron chi connectivity index (χ0n) is 26.0. The van der Waals surface area contributed by atoms with Gasteiger partial charge < -0.3 is 10.2 Å². The largest absolute Gasteiger partial charge is 0.404 e. The zero-order chi connectivity index (χ0) is 31.6. The van der Waals surface area contributed by atoms with Crippen molar-refractivity contribution in [2.75, 3.05) is 18.4 Å². The van der Waals surface area contributed by atoms with Crippen LogP contribution in [0, 0.1) is 12.8 Å². The van der Waals surface area contributed by atoms with E-state index < -0.39 is 24.2 Å². The molecule has 0 aromatic heterocycles. The number of hydrogen-bond donors (Lipinski definition) is 1. The number of rotatable bonds is 6. The van der Waals surface area contributed by atoms with Gasteiger partial charge in [0.15, 0.2) is 0 Å². The Hall–Kier alpha value is -3.65. The fourth-order valence-electron chi connectivity index (χ4n) is 6.62. The summed E-state index contributed by atoms with van der Waals surface area (Å²) in [6, 6.07) is 20.8.